The third-order valence-corrected chi connectivity index (χ3v) is 5.40. The number of aryl methyl sites for hydroxylation is 1. The summed E-state index contributed by atoms with van der Waals surface area (Å²) < 4.78 is 0. The van der Waals surface area contributed by atoms with Crippen LogP contribution in [-0.4, -0.2) is 13.1 Å². The van der Waals surface area contributed by atoms with E-state index in [9.17, 15) is 0 Å². The monoisotopic (exact) mass is 338 g/mol. The zero-order valence-corrected chi connectivity index (χ0v) is 14.8. The van der Waals surface area contributed by atoms with E-state index >= 15 is 0 Å². The quantitative estimate of drug-likeness (QED) is 0.685. The number of nitrogens with zero attached hydrogens (tertiary/aromatic N) is 1. The molecule has 2 heterocycles. The fourth-order valence-electron chi connectivity index (χ4n) is 4.21. The van der Waals surface area contributed by atoms with Crippen molar-refractivity contribution in [1.29, 1.82) is 0 Å². The van der Waals surface area contributed by atoms with Crippen LogP contribution in [0.2, 0.25) is 0 Å². The second-order valence-electron chi connectivity index (χ2n) is 7.05. The van der Waals surface area contributed by atoms with Crippen molar-refractivity contribution >= 4 is 22.6 Å². The van der Waals surface area contributed by atoms with Gasteiger partial charge in [-0.1, -0.05) is 66.7 Å². The van der Waals surface area contributed by atoms with Crippen LogP contribution in [0.1, 0.15) is 23.1 Å². The Hall–Kier alpha value is -3.00. The summed E-state index contributed by atoms with van der Waals surface area (Å²) >= 11 is 0. The summed E-state index contributed by atoms with van der Waals surface area (Å²) in [5, 5.41) is 3.73. The third kappa shape index (κ3) is 2.59. The number of hydrogen-bond donors (Lipinski definition) is 1. The van der Waals surface area contributed by atoms with Gasteiger partial charge in [0.15, 0.2) is 0 Å². The first-order valence-electron chi connectivity index (χ1n) is 9.38. The van der Waals surface area contributed by atoms with Gasteiger partial charge in [0, 0.05) is 35.6 Å². The Labute approximate surface area is 154 Å². The second kappa shape index (κ2) is 6.38. The summed E-state index contributed by atoms with van der Waals surface area (Å²) in [5.41, 5.74) is 9.30. The molecule has 5 rings (SSSR count). The predicted octanol–water partition coefficient (Wildman–Crippen LogP) is 5.43. The molecular formula is C24H22N2. The topological polar surface area (TPSA) is 15.3 Å². The molecule has 3 aromatic carbocycles. The molecule has 0 unspecified atom stereocenters. The SMILES string of the molecule is c1ccc(NC2=C(c3ccccc3)CN3CCCc4cccc2c43)cc1. The fourth-order valence-corrected chi connectivity index (χ4v) is 4.21. The second-order valence-corrected chi connectivity index (χ2v) is 7.05. The van der Waals surface area contributed by atoms with Gasteiger partial charge in [-0.3, -0.25) is 0 Å². The smallest absolute Gasteiger partial charge is 0.0535 e. The maximum atomic E-state index is 3.73. The molecule has 0 saturated heterocycles. The number of para-hydroxylation sites is 2. The lowest BCUT2D eigenvalue weighted by Gasteiger charge is -2.39. The van der Waals surface area contributed by atoms with Crippen molar-refractivity contribution in [3.63, 3.8) is 0 Å². The lowest BCUT2D eigenvalue weighted by molar-refractivity contribution is 0.721. The van der Waals surface area contributed by atoms with Crippen molar-refractivity contribution in [1.82, 2.24) is 0 Å². The largest absolute Gasteiger partial charge is 0.366 e. The van der Waals surface area contributed by atoms with Crippen molar-refractivity contribution in [3.8, 4) is 0 Å². The molecule has 0 amide bonds. The van der Waals surface area contributed by atoms with E-state index in [1.54, 1.807) is 0 Å². The van der Waals surface area contributed by atoms with Crippen molar-refractivity contribution in [2.24, 2.45) is 0 Å². The van der Waals surface area contributed by atoms with E-state index < -0.39 is 0 Å². The zero-order chi connectivity index (χ0) is 17.3. The van der Waals surface area contributed by atoms with E-state index in [2.05, 4.69) is 89.1 Å². The van der Waals surface area contributed by atoms with Gasteiger partial charge in [0.2, 0.25) is 0 Å². The minimum absolute atomic E-state index is 0.962. The van der Waals surface area contributed by atoms with Crippen molar-refractivity contribution < 1.29 is 0 Å². The van der Waals surface area contributed by atoms with Gasteiger partial charge in [-0.2, -0.15) is 0 Å². The maximum absolute atomic E-state index is 3.73. The van der Waals surface area contributed by atoms with Crippen LogP contribution in [0.4, 0.5) is 11.4 Å². The van der Waals surface area contributed by atoms with E-state index in [-0.39, 0.29) is 0 Å². The molecule has 0 bridgehead atoms. The highest BCUT2D eigenvalue weighted by Gasteiger charge is 2.29. The molecule has 0 spiro atoms. The Balaban J connectivity index is 1.71. The molecule has 0 aromatic heterocycles. The molecule has 0 radical (unpaired) electrons. The number of benzene rings is 3. The predicted molar refractivity (Wildman–Crippen MR) is 110 cm³/mol. The summed E-state index contributed by atoms with van der Waals surface area (Å²) in [4.78, 5) is 2.56. The van der Waals surface area contributed by atoms with Gasteiger partial charge >= 0.3 is 0 Å². The molecule has 128 valence electrons. The van der Waals surface area contributed by atoms with Crippen molar-refractivity contribution in [2.45, 2.75) is 12.8 Å². The number of nitrogens with one attached hydrogen (secondary N) is 1. The highest BCUT2D eigenvalue weighted by atomic mass is 15.2. The van der Waals surface area contributed by atoms with Crippen LogP contribution >= 0.6 is 0 Å². The van der Waals surface area contributed by atoms with E-state index in [1.807, 2.05) is 0 Å². The minimum atomic E-state index is 0.962. The van der Waals surface area contributed by atoms with Gasteiger partial charge in [-0.15, -0.1) is 0 Å². The Morgan fingerprint density at radius 2 is 1.54 bits per heavy atom. The molecule has 0 atom stereocenters. The van der Waals surface area contributed by atoms with Crippen LogP contribution in [-0.2, 0) is 6.42 Å². The molecule has 0 aliphatic carbocycles. The minimum Gasteiger partial charge on any atom is -0.366 e. The average molecular weight is 338 g/mol. The van der Waals surface area contributed by atoms with Gasteiger partial charge in [-0.25, -0.2) is 0 Å². The van der Waals surface area contributed by atoms with Gasteiger partial charge < -0.3 is 10.2 Å². The van der Waals surface area contributed by atoms with Gasteiger partial charge in [0.1, 0.15) is 0 Å². The molecule has 2 aliphatic heterocycles. The van der Waals surface area contributed by atoms with Crippen LogP contribution < -0.4 is 10.2 Å². The summed E-state index contributed by atoms with van der Waals surface area (Å²) in [6.07, 6.45) is 2.42. The van der Waals surface area contributed by atoms with Crippen LogP contribution in [0, 0.1) is 0 Å². The van der Waals surface area contributed by atoms with Crippen LogP contribution in [0.15, 0.2) is 78.9 Å². The first-order valence-corrected chi connectivity index (χ1v) is 9.38. The molecule has 0 fully saturated rings. The molecule has 3 aromatic rings. The summed E-state index contributed by atoms with van der Waals surface area (Å²) in [7, 11) is 0. The van der Waals surface area contributed by atoms with Gasteiger partial charge in [0.05, 0.1) is 5.70 Å². The molecule has 1 N–H and O–H groups in total. The lowest BCUT2D eigenvalue weighted by Crippen LogP contribution is -2.35. The van der Waals surface area contributed by atoms with Crippen LogP contribution in [0.5, 0.6) is 0 Å². The Kier molecular flexibility index (Phi) is 3.75. The van der Waals surface area contributed by atoms with Crippen molar-refractivity contribution in [3.05, 3.63) is 95.6 Å². The van der Waals surface area contributed by atoms with E-state index in [1.165, 1.54) is 46.5 Å². The molecule has 2 nitrogen and oxygen atoms in total. The molecule has 0 saturated carbocycles. The Morgan fingerprint density at radius 1 is 0.769 bits per heavy atom. The highest BCUT2D eigenvalue weighted by molar-refractivity contribution is 6.03. The number of anilines is 2. The van der Waals surface area contributed by atoms with Crippen LogP contribution in [0.25, 0.3) is 11.3 Å². The lowest BCUT2D eigenvalue weighted by atomic mass is 9.88. The Bertz CT molecular complexity index is 958. The summed E-state index contributed by atoms with van der Waals surface area (Å²) in [6.45, 7) is 2.10. The average Bonchev–Trinajstić information content (AvgIpc) is 2.71. The standard InChI is InChI=1S/C24H22N2/c1-3-9-18(10-4-1)22-17-26-16-8-12-19-11-7-15-21(24(19)26)23(22)25-20-13-5-2-6-14-20/h1-7,9-11,13-15,25H,8,12,16-17H2. The van der Waals surface area contributed by atoms with Crippen LogP contribution in [0.3, 0.4) is 0 Å². The molecular weight excluding hydrogens is 316 g/mol. The molecule has 2 aliphatic rings. The van der Waals surface area contributed by atoms with Gasteiger partial charge in [-0.05, 0) is 36.1 Å². The number of hydrogen-bond acceptors (Lipinski definition) is 2. The van der Waals surface area contributed by atoms with E-state index in [4.69, 9.17) is 0 Å². The molecule has 2 heteroatoms. The van der Waals surface area contributed by atoms with Gasteiger partial charge in [0.25, 0.3) is 0 Å². The maximum Gasteiger partial charge on any atom is 0.0535 e. The third-order valence-electron chi connectivity index (χ3n) is 5.40. The Morgan fingerprint density at radius 3 is 2.35 bits per heavy atom. The first kappa shape index (κ1) is 15.3. The summed E-state index contributed by atoms with van der Waals surface area (Å²) in [5.74, 6) is 0. The van der Waals surface area contributed by atoms with E-state index in [0.29, 0.717) is 0 Å². The van der Waals surface area contributed by atoms with E-state index in [0.717, 1.165) is 18.8 Å². The molecule has 26 heavy (non-hydrogen) atoms. The number of rotatable bonds is 3. The first-order chi connectivity index (χ1) is 12.9. The summed E-state index contributed by atoms with van der Waals surface area (Å²) in [6, 6.07) is 28.1. The zero-order valence-electron chi connectivity index (χ0n) is 14.8. The normalized spacial score (nSPS) is 15.6. The van der Waals surface area contributed by atoms with Crippen molar-refractivity contribution in [2.75, 3.05) is 23.3 Å². The highest BCUT2D eigenvalue weighted by Crippen LogP contribution is 2.43. The fraction of sp³-hybridized carbons (Fsp3) is 0.167.